The van der Waals surface area contributed by atoms with Gasteiger partial charge in [0.2, 0.25) is 0 Å². The van der Waals surface area contributed by atoms with Crippen molar-refractivity contribution in [1.82, 2.24) is 5.32 Å². The second-order valence-corrected chi connectivity index (χ2v) is 7.21. The molecule has 0 radical (unpaired) electrons. The summed E-state index contributed by atoms with van der Waals surface area (Å²) < 4.78 is 10.7. The average Bonchev–Trinajstić information content (AvgIpc) is 2.74. The monoisotopic (exact) mass is 427 g/mol. The zero-order valence-electron chi connectivity index (χ0n) is 18.2. The Balaban J connectivity index is 1.91. The number of anilines is 2. The normalized spacial score (nSPS) is 12.4. The van der Waals surface area contributed by atoms with Crippen LogP contribution in [-0.4, -0.2) is 36.7 Å². The van der Waals surface area contributed by atoms with E-state index in [1.54, 1.807) is 62.4 Å². The van der Waals surface area contributed by atoms with Crippen molar-refractivity contribution in [2.24, 2.45) is 5.92 Å². The highest BCUT2D eigenvalue weighted by Gasteiger charge is 2.29. The van der Waals surface area contributed by atoms with Crippen LogP contribution in [0.15, 0.2) is 54.6 Å². The lowest BCUT2D eigenvalue weighted by Crippen LogP contribution is -2.48. The van der Waals surface area contributed by atoms with Gasteiger partial charge in [0.15, 0.2) is 6.10 Å². The summed E-state index contributed by atoms with van der Waals surface area (Å²) in [7, 11) is 0. The van der Waals surface area contributed by atoms with E-state index in [0.29, 0.717) is 23.7 Å². The molecule has 2 atom stereocenters. The third-order valence-corrected chi connectivity index (χ3v) is 4.33. The third kappa shape index (κ3) is 7.65. The molecule has 0 unspecified atom stereocenters. The standard InChI is InChI=1S/C23H29N3O5/c1-5-30-19-13-11-18(12-14-19)24-21(27)16(4)31-22(28)20(15(2)3)26-23(29)25-17-9-7-6-8-10-17/h6-16,20H,5H2,1-4H3,(H,24,27)(H2,25,26,29)/t16-,20+/m1/s1. The van der Waals surface area contributed by atoms with Gasteiger partial charge in [-0.1, -0.05) is 32.0 Å². The summed E-state index contributed by atoms with van der Waals surface area (Å²) in [5, 5.41) is 7.95. The molecule has 3 amide bonds. The molecule has 0 bridgehead atoms. The Kier molecular flexibility index (Phi) is 8.87. The number of esters is 1. The van der Waals surface area contributed by atoms with E-state index in [9.17, 15) is 14.4 Å². The maximum atomic E-state index is 12.6. The molecular formula is C23H29N3O5. The van der Waals surface area contributed by atoms with E-state index in [0.717, 1.165) is 0 Å². The van der Waals surface area contributed by atoms with Gasteiger partial charge in [-0.05, 0) is 56.2 Å². The minimum atomic E-state index is -1.04. The van der Waals surface area contributed by atoms with E-state index in [-0.39, 0.29) is 5.92 Å². The number of hydrogen-bond donors (Lipinski definition) is 3. The topological polar surface area (TPSA) is 106 Å². The van der Waals surface area contributed by atoms with Crippen molar-refractivity contribution in [1.29, 1.82) is 0 Å². The molecule has 8 heteroatoms. The molecule has 0 saturated heterocycles. The molecule has 0 saturated carbocycles. The SMILES string of the molecule is CCOc1ccc(NC(=O)[C@@H](C)OC(=O)[C@@H](NC(=O)Nc2ccccc2)C(C)C)cc1. The molecule has 2 rings (SSSR count). The maximum absolute atomic E-state index is 12.6. The van der Waals surface area contributed by atoms with Crippen LogP contribution in [0.3, 0.4) is 0 Å². The van der Waals surface area contributed by atoms with Crippen molar-refractivity contribution < 1.29 is 23.9 Å². The predicted molar refractivity (Wildman–Crippen MR) is 119 cm³/mol. The maximum Gasteiger partial charge on any atom is 0.329 e. The van der Waals surface area contributed by atoms with Gasteiger partial charge in [0, 0.05) is 11.4 Å². The molecule has 0 aromatic heterocycles. The molecule has 0 aliphatic heterocycles. The third-order valence-electron chi connectivity index (χ3n) is 4.33. The predicted octanol–water partition coefficient (Wildman–Crippen LogP) is 3.80. The molecule has 31 heavy (non-hydrogen) atoms. The van der Waals surface area contributed by atoms with E-state index in [4.69, 9.17) is 9.47 Å². The van der Waals surface area contributed by atoms with Crippen LogP contribution in [0.1, 0.15) is 27.7 Å². The van der Waals surface area contributed by atoms with Gasteiger partial charge in [0.1, 0.15) is 11.8 Å². The summed E-state index contributed by atoms with van der Waals surface area (Å²) in [5.41, 5.74) is 1.15. The van der Waals surface area contributed by atoms with Crippen molar-refractivity contribution >= 4 is 29.3 Å². The highest BCUT2D eigenvalue weighted by atomic mass is 16.5. The minimum Gasteiger partial charge on any atom is -0.494 e. The Morgan fingerprint density at radius 1 is 0.871 bits per heavy atom. The fraction of sp³-hybridized carbons (Fsp3) is 0.348. The number of amides is 3. The van der Waals surface area contributed by atoms with Crippen molar-refractivity contribution in [3.63, 3.8) is 0 Å². The molecule has 0 heterocycles. The number of carbonyl (C=O) groups is 3. The molecule has 2 aromatic carbocycles. The van der Waals surface area contributed by atoms with E-state index in [1.807, 2.05) is 13.0 Å². The number of carbonyl (C=O) groups excluding carboxylic acids is 3. The zero-order chi connectivity index (χ0) is 22.8. The van der Waals surface area contributed by atoms with E-state index >= 15 is 0 Å². The Bertz CT molecular complexity index is 869. The Morgan fingerprint density at radius 3 is 2.06 bits per heavy atom. The molecule has 3 N–H and O–H groups in total. The lowest BCUT2D eigenvalue weighted by Gasteiger charge is -2.23. The van der Waals surface area contributed by atoms with Crippen LogP contribution in [0.4, 0.5) is 16.2 Å². The quantitative estimate of drug-likeness (QED) is 0.528. The molecule has 2 aromatic rings. The molecule has 8 nitrogen and oxygen atoms in total. The first kappa shape index (κ1) is 23.7. The second-order valence-electron chi connectivity index (χ2n) is 7.21. The fourth-order valence-electron chi connectivity index (χ4n) is 2.67. The minimum absolute atomic E-state index is 0.240. The Hall–Kier alpha value is -3.55. The van der Waals surface area contributed by atoms with Gasteiger partial charge in [0.25, 0.3) is 5.91 Å². The van der Waals surface area contributed by atoms with Gasteiger partial charge in [-0.25, -0.2) is 9.59 Å². The summed E-state index contributed by atoms with van der Waals surface area (Å²) >= 11 is 0. The molecule has 0 fully saturated rings. The number of rotatable bonds is 9. The summed E-state index contributed by atoms with van der Waals surface area (Å²) in [5.74, 6) is -0.712. The first-order chi connectivity index (χ1) is 14.8. The van der Waals surface area contributed by atoms with Crippen LogP contribution < -0.4 is 20.7 Å². The molecule has 0 aliphatic rings. The fourth-order valence-corrected chi connectivity index (χ4v) is 2.67. The van der Waals surface area contributed by atoms with Gasteiger partial charge >= 0.3 is 12.0 Å². The molecule has 0 aliphatic carbocycles. The number of nitrogens with one attached hydrogen (secondary N) is 3. The average molecular weight is 428 g/mol. The highest BCUT2D eigenvalue weighted by Crippen LogP contribution is 2.16. The number of ether oxygens (including phenoxy) is 2. The van der Waals surface area contributed by atoms with Gasteiger partial charge in [-0.3, -0.25) is 4.79 Å². The Labute approximate surface area is 182 Å². The summed E-state index contributed by atoms with van der Waals surface area (Å²) in [4.78, 5) is 37.2. The lowest BCUT2D eigenvalue weighted by molar-refractivity contribution is -0.156. The van der Waals surface area contributed by atoms with Crippen LogP contribution in [0.25, 0.3) is 0 Å². The number of benzene rings is 2. The van der Waals surface area contributed by atoms with Crippen molar-refractivity contribution in [3.05, 3.63) is 54.6 Å². The van der Waals surface area contributed by atoms with Gasteiger partial charge in [-0.2, -0.15) is 0 Å². The van der Waals surface area contributed by atoms with Crippen LogP contribution in [0.2, 0.25) is 0 Å². The molecular weight excluding hydrogens is 398 g/mol. The van der Waals surface area contributed by atoms with Crippen LogP contribution >= 0.6 is 0 Å². The largest absolute Gasteiger partial charge is 0.494 e. The molecule has 166 valence electrons. The van der Waals surface area contributed by atoms with Crippen molar-refractivity contribution in [3.8, 4) is 5.75 Å². The van der Waals surface area contributed by atoms with Crippen LogP contribution in [0, 0.1) is 5.92 Å². The van der Waals surface area contributed by atoms with E-state index in [2.05, 4.69) is 16.0 Å². The Morgan fingerprint density at radius 2 is 1.48 bits per heavy atom. The number of urea groups is 1. The van der Waals surface area contributed by atoms with Gasteiger partial charge in [0.05, 0.1) is 6.61 Å². The van der Waals surface area contributed by atoms with E-state index < -0.39 is 30.1 Å². The summed E-state index contributed by atoms with van der Waals surface area (Å²) in [6.07, 6.45) is -1.04. The van der Waals surface area contributed by atoms with Crippen molar-refractivity contribution in [2.45, 2.75) is 39.8 Å². The summed E-state index contributed by atoms with van der Waals surface area (Å²) in [6.45, 7) is 7.46. The van der Waals surface area contributed by atoms with E-state index in [1.165, 1.54) is 6.92 Å². The summed E-state index contributed by atoms with van der Waals surface area (Å²) in [6, 6.07) is 14.3. The smallest absolute Gasteiger partial charge is 0.329 e. The number of hydrogen-bond acceptors (Lipinski definition) is 5. The van der Waals surface area contributed by atoms with Crippen LogP contribution in [-0.2, 0) is 14.3 Å². The first-order valence-corrected chi connectivity index (χ1v) is 10.2. The first-order valence-electron chi connectivity index (χ1n) is 10.2. The van der Waals surface area contributed by atoms with Gasteiger partial charge < -0.3 is 25.4 Å². The number of para-hydroxylation sites is 1. The van der Waals surface area contributed by atoms with Crippen LogP contribution in [0.5, 0.6) is 5.75 Å². The lowest BCUT2D eigenvalue weighted by atomic mass is 10.0. The zero-order valence-corrected chi connectivity index (χ0v) is 18.2. The highest BCUT2D eigenvalue weighted by molar-refractivity contribution is 5.96. The second kappa shape index (κ2) is 11.6. The molecule has 0 spiro atoms. The van der Waals surface area contributed by atoms with Gasteiger partial charge in [-0.15, -0.1) is 0 Å². The van der Waals surface area contributed by atoms with Crippen molar-refractivity contribution in [2.75, 3.05) is 17.2 Å².